The Bertz CT molecular complexity index is 779. The number of rotatable bonds is 5. The number of fused-ring (bicyclic) bond motifs is 1. The zero-order chi connectivity index (χ0) is 17.1. The number of nitrogens with zero attached hydrogens (tertiary/aromatic N) is 1. The fraction of sp³-hybridized carbons (Fsp3) is 0.188. The lowest BCUT2D eigenvalue weighted by Crippen LogP contribution is -2.40. The number of hydrogen-bond donors (Lipinski definition) is 2. The molecule has 8 heteroatoms. The van der Waals surface area contributed by atoms with Crippen LogP contribution in [-0.2, 0) is 4.74 Å². The highest BCUT2D eigenvalue weighted by molar-refractivity contribution is 5.98. The van der Waals surface area contributed by atoms with Crippen molar-refractivity contribution in [2.75, 3.05) is 14.2 Å². The normalized spacial score (nSPS) is 15.4. The standard InChI is InChI=1S/C16H15N3O5/c1-22-11-4-3-10-12(13(11)23-2)16(21)24-15(10)19-18-14(20)9-5-7-17-8-6-9/h3-8,15,19H,1-2H3,(H,18,20)/t15-/m1/s1. The molecule has 1 aromatic carbocycles. The topological polar surface area (TPSA) is 98.8 Å². The Labute approximate surface area is 137 Å². The van der Waals surface area contributed by atoms with Crippen LogP contribution in [0.3, 0.4) is 0 Å². The van der Waals surface area contributed by atoms with Crippen molar-refractivity contribution < 1.29 is 23.8 Å². The maximum Gasteiger partial charge on any atom is 0.344 e. The van der Waals surface area contributed by atoms with Crippen LogP contribution in [0.1, 0.15) is 32.5 Å². The van der Waals surface area contributed by atoms with Gasteiger partial charge in [-0.15, -0.1) is 0 Å². The van der Waals surface area contributed by atoms with Crippen LogP contribution in [-0.4, -0.2) is 31.1 Å². The van der Waals surface area contributed by atoms with E-state index in [4.69, 9.17) is 14.2 Å². The van der Waals surface area contributed by atoms with E-state index < -0.39 is 12.2 Å². The SMILES string of the molecule is COc1ccc2c(c1OC)C(=O)O[C@H]2NNC(=O)c1ccncc1. The van der Waals surface area contributed by atoms with Gasteiger partial charge in [-0.05, 0) is 24.3 Å². The van der Waals surface area contributed by atoms with Gasteiger partial charge in [0.2, 0.25) is 0 Å². The van der Waals surface area contributed by atoms with Crippen molar-refractivity contribution in [1.29, 1.82) is 0 Å². The summed E-state index contributed by atoms with van der Waals surface area (Å²) in [7, 11) is 2.92. The van der Waals surface area contributed by atoms with E-state index in [1.165, 1.54) is 26.6 Å². The van der Waals surface area contributed by atoms with Crippen molar-refractivity contribution in [3.8, 4) is 11.5 Å². The molecule has 8 nitrogen and oxygen atoms in total. The molecular weight excluding hydrogens is 314 g/mol. The Hall–Kier alpha value is -3.13. The number of carbonyl (C=O) groups excluding carboxylic acids is 2. The van der Waals surface area contributed by atoms with E-state index in [0.29, 0.717) is 22.6 Å². The van der Waals surface area contributed by atoms with E-state index in [2.05, 4.69) is 15.8 Å². The number of pyridine rings is 1. The summed E-state index contributed by atoms with van der Waals surface area (Å²) in [5, 5.41) is 0. The second kappa shape index (κ2) is 6.55. The predicted molar refractivity (Wildman–Crippen MR) is 82.5 cm³/mol. The van der Waals surface area contributed by atoms with Gasteiger partial charge in [0.25, 0.3) is 5.91 Å². The molecule has 1 amide bonds. The molecule has 1 aliphatic heterocycles. The van der Waals surface area contributed by atoms with Crippen molar-refractivity contribution in [3.63, 3.8) is 0 Å². The molecule has 0 bridgehead atoms. The van der Waals surface area contributed by atoms with Gasteiger partial charge in [0, 0.05) is 23.5 Å². The van der Waals surface area contributed by atoms with Gasteiger partial charge in [-0.1, -0.05) is 0 Å². The number of hydrazine groups is 1. The van der Waals surface area contributed by atoms with Gasteiger partial charge >= 0.3 is 5.97 Å². The van der Waals surface area contributed by atoms with Gasteiger partial charge in [0.05, 0.1) is 14.2 Å². The predicted octanol–water partition coefficient (Wildman–Crippen LogP) is 1.20. The zero-order valence-electron chi connectivity index (χ0n) is 13.0. The summed E-state index contributed by atoms with van der Waals surface area (Å²) in [5.41, 5.74) is 6.44. The maximum atomic E-state index is 12.1. The lowest BCUT2D eigenvalue weighted by Gasteiger charge is -2.14. The summed E-state index contributed by atoms with van der Waals surface area (Å²) in [4.78, 5) is 28.0. The van der Waals surface area contributed by atoms with Crippen LogP contribution >= 0.6 is 0 Å². The first-order valence-corrected chi connectivity index (χ1v) is 7.07. The third-order valence-electron chi connectivity index (χ3n) is 3.55. The number of nitrogens with one attached hydrogen (secondary N) is 2. The smallest absolute Gasteiger partial charge is 0.344 e. The van der Waals surface area contributed by atoms with E-state index in [1.807, 2.05) is 0 Å². The number of cyclic esters (lactones) is 1. The number of esters is 1. The van der Waals surface area contributed by atoms with E-state index in [9.17, 15) is 9.59 Å². The molecule has 0 spiro atoms. The van der Waals surface area contributed by atoms with Gasteiger partial charge in [-0.2, -0.15) is 5.43 Å². The molecule has 24 heavy (non-hydrogen) atoms. The number of carbonyl (C=O) groups is 2. The first kappa shape index (κ1) is 15.8. The third-order valence-corrected chi connectivity index (χ3v) is 3.55. The van der Waals surface area contributed by atoms with Crippen LogP contribution < -0.4 is 20.3 Å². The average Bonchev–Trinajstić information content (AvgIpc) is 2.95. The van der Waals surface area contributed by atoms with E-state index >= 15 is 0 Å². The largest absolute Gasteiger partial charge is 0.493 e. The van der Waals surface area contributed by atoms with Crippen LogP contribution in [0.25, 0.3) is 0 Å². The quantitative estimate of drug-likeness (QED) is 0.628. The van der Waals surface area contributed by atoms with Gasteiger partial charge in [-0.25, -0.2) is 4.79 Å². The summed E-state index contributed by atoms with van der Waals surface area (Å²) >= 11 is 0. The number of hydrogen-bond acceptors (Lipinski definition) is 7. The van der Waals surface area contributed by atoms with E-state index in [0.717, 1.165) is 0 Å². The molecule has 0 radical (unpaired) electrons. The molecule has 1 aromatic heterocycles. The first-order chi connectivity index (χ1) is 11.7. The first-order valence-electron chi connectivity index (χ1n) is 7.07. The van der Waals surface area contributed by atoms with Crippen LogP contribution in [0, 0.1) is 0 Å². The fourth-order valence-electron chi connectivity index (χ4n) is 2.41. The number of benzene rings is 1. The molecule has 2 aromatic rings. The summed E-state index contributed by atoms with van der Waals surface area (Å²) in [6.45, 7) is 0. The second-order valence-corrected chi connectivity index (χ2v) is 4.88. The van der Waals surface area contributed by atoms with Crippen LogP contribution in [0.5, 0.6) is 11.5 Å². The third kappa shape index (κ3) is 2.74. The Morgan fingerprint density at radius 1 is 1.17 bits per heavy atom. The number of amides is 1. The molecule has 3 rings (SSSR count). The van der Waals surface area contributed by atoms with Crippen molar-refractivity contribution in [1.82, 2.24) is 15.8 Å². The summed E-state index contributed by atoms with van der Waals surface area (Å²) in [6, 6.07) is 6.48. The van der Waals surface area contributed by atoms with Gasteiger partial charge < -0.3 is 14.2 Å². The zero-order valence-corrected chi connectivity index (χ0v) is 13.0. The molecule has 2 N–H and O–H groups in total. The lowest BCUT2D eigenvalue weighted by molar-refractivity contribution is 0.0260. The molecule has 0 fully saturated rings. The van der Waals surface area contributed by atoms with E-state index in [1.54, 1.807) is 24.3 Å². The molecule has 124 valence electrons. The van der Waals surface area contributed by atoms with Crippen LogP contribution in [0.2, 0.25) is 0 Å². The minimum atomic E-state index is -0.821. The van der Waals surface area contributed by atoms with E-state index in [-0.39, 0.29) is 11.5 Å². The Morgan fingerprint density at radius 3 is 2.58 bits per heavy atom. The molecule has 0 aliphatic carbocycles. The van der Waals surface area contributed by atoms with Crippen LogP contribution in [0.4, 0.5) is 0 Å². The Kier molecular flexibility index (Phi) is 4.30. The Morgan fingerprint density at radius 2 is 1.92 bits per heavy atom. The second-order valence-electron chi connectivity index (χ2n) is 4.88. The van der Waals surface area contributed by atoms with Crippen molar-refractivity contribution >= 4 is 11.9 Å². The molecule has 0 saturated heterocycles. The fourth-order valence-corrected chi connectivity index (χ4v) is 2.41. The van der Waals surface area contributed by atoms with Crippen molar-refractivity contribution in [2.24, 2.45) is 0 Å². The molecule has 0 unspecified atom stereocenters. The lowest BCUT2D eigenvalue weighted by atomic mass is 10.1. The molecular formula is C16H15N3O5. The summed E-state index contributed by atoms with van der Waals surface area (Å²) in [6.07, 6.45) is 2.20. The Balaban J connectivity index is 1.79. The number of ether oxygens (including phenoxy) is 3. The highest BCUT2D eigenvalue weighted by Crippen LogP contribution is 2.40. The number of aromatic nitrogens is 1. The summed E-state index contributed by atoms with van der Waals surface area (Å²) in [5.74, 6) is -0.210. The van der Waals surface area contributed by atoms with Crippen molar-refractivity contribution in [2.45, 2.75) is 6.23 Å². The average molecular weight is 329 g/mol. The molecule has 0 saturated carbocycles. The summed E-state index contributed by atoms with van der Waals surface area (Å²) < 4.78 is 15.7. The molecule has 1 aliphatic rings. The maximum absolute atomic E-state index is 12.1. The van der Waals surface area contributed by atoms with Crippen molar-refractivity contribution in [3.05, 3.63) is 53.3 Å². The van der Waals surface area contributed by atoms with Gasteiger partial charge in [0.1, 0.15) is 5.56 Å². The minimum Gasteiger partial charge on any atom is -0.493 e. The molecule has 2 heterocycles. The molecule has 1 atom stereocenters. The number of methoxy groups -OCH3 is 2. The minimum absolute atomic E-state index is 0.271. The highest BCUT2D eigenvalue weighted by Gasteiger charge is 2.36. The monoisotopic (exact) mass is 329 g/mol. The highest BCUT2D eigenvalue weighted by atomic mass is 16.6. The van der Waals surface area contributed by atoms with Gasteiger partial charge in [0.15, 0.2) is 17.7 Å². The van der Waals surface area contributed by atoms with Gasteiger partial charge in [-0.3, -0.25) is 15.2 Å². The van der Waals surface area contributed by atoms with Crippen LogP contribution in [0.15, 0.2) is 36.7 Å².